The minimum absolute atomic E-state index is 0.0603. The van der Waals surface area contributed by atoms with Gasteiger partial charge in [-0.05, 0) is 18.8 Å². The maximum atomic E-state index is 12.5. The zero-order valence-electron chi connectivity index (χ0n) is 12.0. The maximum absolute atomic E-state index is 12.5. The molecule has 21 heavy (non-hydrogen) atoms. The monoisotopic (exact) mass is 311 g/mol. The van der Waals surface area contributed by atoms with Gasteiger partial charge in [-0.1, -0.05) is 25.4 Å². The standard InChI is InChI=1S/C14H18ClN3O3/c1-8(2)13-16-5-10(15)12(17-13)14(21)18(7-11(19)20)6-9-3-4-9/h5,8-9H,3-4,6-7H2,1-2H3,(H,19,20). The Balaban J connectivity index is 2.25. The van der Waals surface area contributed by atoms with E-state index in [2.05, 4.69) is 9.97 Å². The minimum atomic E-state index is -1.04. The molecule has 1 heterocycles. The molecule has 1 N–H and O–H groups in total. The van der Waals surface area contributed by atoms with Crippen molar-refractivity contribution in [2.24, 2.45) is 5.92 Å². The number of carbonyl (C=O) groups is 2. The lowest BCUT2D eigenvalue weighted by Gasteiger charge is -2.21. The van der Waals surface area contributed by atoms with Crippen molar-refractivity contribution in [1.29, 1.82) is 0 Å². The fourth-order valence-electron chi connectivity index (χ4n) is 1.95. The van der Waals surface area contributed by atoms with Crippen molar-refractivity contribution in [2.75, 3.05) is 13.1 Å². The van der Waals surface area contributed by atoms with Crippen LogP contribution in [-0.2, 0) is 4.79 Å². The molecule has 0 radical (unpaired) electrons. The first kappa shape index (κ1) is 15.7. The summed E-state index contributed by atoms with van der Waals surface area (Å²) in [4.78, 5) is 33.1. The number of rotatable bonds is 6. The van der Waals surface area contributed by atoms with Crippen molar-refractivity contribution in [1.82, 2.24) is 14.9 Å². The van der Waals surface area contributed by atoms with Gasteiger partial charge in [0.15, 0.2) is 5.69 Å². The van der Waals surface area contributed by atoms with E-state index in [1.165, 1.54) is 11.1 Å². The highest BCUT2D eigenvalue weighted by atomic mass is 35.5. The maximum Gasteiger partial charge on any atom is 0.323 e. The van der Waals surface area contributed by atoms with Crippen molar-refractivity contribution in [2.45, 2.75) is 32.6 Å². The molecule has 0 atom stereocenters. The molecule has 1 saturated carbocycles. The van der Waals surface area contributed by atoms with E-state index < -0.39 is 11.9 Å². The Hall–Kier alpha value is -1.69. The quantitative estimate of drug-likeness (QED) is 0.870. The highest BCUT2D eigenvalue weighted by molar-refractivity contribution is 6.33. The SMILES string of the molecule is CC(C)c1ncc(Cl)c(C(=O)N(CC(=O)O)CC2CC2)n1. The molecule has 2 rings (SSSR count). The molecule has 7 heteroatoms. The van der Waals surface area contributed by atoms with Crippen LogP contribution in [-0.4, -0.2) is 44.9 Å². The van der Waals surface area contributed by atoms with E-state index in [9.17, 15) is 9.59 Å². The molecule has 0 saturated heterocycles. The summed E-state index contributed by atoms with van der Waals surface area (Å²) in [5.41, 5.74) is 0.0808. The molecule has 1 aromatic heterocycles. The molecule has 114 valence electrons. The number of nitrogens with zero attached hydrogens (tertiary/aromatic N) is 3. The van der Waals surface area contributed by atoms with Crippen LogP contribution >= 0.6 is 11.6 Å². The number of carbonyl (C=O) groups excluding carboxylic acids is 1. The minimum Gasteiger partial charge on any atom is -0.480 e. The molecule has 0 spiro atoms. The normalized spacial score (nSPS) is 14.3. The second-order valence-electron chi connectivity index (χ2n) is 5.60. The van der Waals surface area contributed by atoms with Gasteiger partial charge in [0.2, 0.25) is 0 Å². The van der Waals surface area contributed by atoms with Gasteiger partial charge in [-0.25, -0.2) is 9.97 Å². The Kier molecular flexibility index (Phi) is 4.77. The van der Waals surface area contributed by atoms with Crippen molar-refractivity contribution in [3.05, 3.63) is 22.7 Å². The van der Waals surface area contributed by atoms with Gasteiger partial charge in [0, 0.05) is 12.5 Å². The third-order valence-electron chi connectivity index (χ3n) is 3.27. The Bertz CT molecular complexity index is 558. The second kappa shape index (κ2) is 6.39. The Morgan fingerprint density at radius 2 is 2.14 bits per heavy atom. The van der Waals surface area contributed by atoms with Crippen LogP contribution in [0, 0.1) is 5.92 Å². The van der Waals surface area contributed by atoms with Crippen LogP contribution in [0.15, 0.2) is 6.20 Å². The predicted molar refractivity (Wildman–Crippen MR) is 77.4 cm³/mol. The first-order chi connectivity index (χ1) is 9.88. The van der Waals surface area contributed by atoms with Crippen LogP contribution in [0.2, 0.25) is 5.02 Å². The van der Waals surface area contributed by atoms with Gasteiger partial charge in [0.05, 0.1) is 11.2 Å². The van der Waals surface area contributed by atoms with Gasteiger partial charge in [0.25, 0.3) is 5.91 Å². The van der Waals surface area contributed by atoms with Gasteiger partial charge in [-0.15, -0.1) is 0 Å². The summed E-state index contributed by atoms with van der Waals surface area (Å²) in [6.45, 7) is 3.92. The molecule has 0 bridgehead atoms. The van der Waals surface area contributed by atoms with Crippen LogP contribution in [0.5, 0.6) is 0 Å². The molecule has 1 fully saturated rings. The van der Waals surface area contributed by atoms with Crippen molar-refractivity contribution < 1.29 is 14.7 Å². The molecule has 1 aromatic rings. The van der Waals surface area contributed by atoms with E-state index in [0.717, 1.165) is 12.8 Å². The Morgan fingerprint density at radius 1 is 1.48 bits per heavy atom. The number of hydrogen-bond acceptors (Lipinski definition) is 4. The van der Waals surface area contributed by atoms with Gasteiger partial charge in [-0.3, -0.25) is 9.59 Å². The van der Waals surface area contributed by atoms with Gasteiger partial charge < -0.3 is 10.0 Å². The average Bonchev–Trinajstić information content (AvgIpc) is 3.21. The zero-order valence-corrected chi connectivity index (χ0v) is 12.8. The van der Waals surface area contributed by atoms with Crippen molar-refractivity contribution in [3.63, 3.8) is 0 Å². The number of aromatic nitrogens is 2. The molecule has 0 unspecified atom stereocenters. The highest BCUT2D eigenvalue weighted by Crippen LogP contribution is 2.30. The van der Waals surface area contributed by atoms with E-state index in [0.29, 0.717) is 18.3 Å². The van der Waals surface area contributed by atoms with Crippen LogP contribution in [0.3, 0.4) is 0 Å². The van der Waals surface area contributed by atoms with E-state index >= 15 is 0 Å². The average molecular weight is 312 g/mol. The third kappa shape index (κ3) is 4.14. The van der Waals surface area contributed by atoms with Crippen LogP contribution in [0.4, 0.5) is 0 Å². The highest BCUT2D eigenvalue weighted by Gasteiger charge is 2.30. The van der Waals surface area contributed by atoms with Gasteiger partial charge >= 0.3 is 5.97 Å². The third-order valence-corrected chi connectivity index (χ3v) is 3.55. The fraction of sp³-hybridized carbons (Fsp3) is 0.571. The number of carboxylic acid groups (broad SMARTS) is 1. The second-order valence-corrected chi connectivity index (χ2v) is 6.01. The van der Waals surface area contributed by atoms with E-state index in [4.69, 9.17) is 16.7 Å². The van der Waals surface area contributed by atoms with E-state index in [1.807, 2.05) is 13.8 Å². The number of aliphatic carboxylic acids is 1. The van der Waals surface area contributed by atoms with Gasteiger partial charge in [-0.2, -0.15) is 0 Å². The lowest BCUT2D eigenvalue weighted by molar-refractivity contribution is -0.137. The van der Waals surface area contributed by atoms with Crippen molar-refractivity contribution in [3.8, 4) is 0 Å². The lowest BCUT2D eigenvalue weighted by Crippen LogP contribution is -2.38. The van der Waals surface area contributed by atoms with E-state index in [1.54, 1.807) is 0 Å². The first-order valence-electron chi connectivity index (χ1n) is 6.92. The molecular formula is C14H18ClN3O3. The number of amides is 1. The lowest BCUT2D eigenvalue weighted by atomic mass is 10.2. The molecule has 1 aliphatic rings. The first-order valence-corrected chi connectivity index (χ1v) is 7.29. The summed E-state index contributed by atoms with van der Waals surface area (Å²) < 4.78 is 0. The molecule has 0 aliphatic heterocycles. The molecule has 0 aromatic carbocycles. The summed E-state index contributed by atoms with van der Waals surface area (Å²) in [5.74, 6) is -0.523. The summed E-state index contributed by atoms with van der Waals surface area (Å²) in [6.07, 6.45) is 3.45. The predicted octanol–water partition coefficient (Wildman–Crippen LogP) is 2.19. The topological polar surface area (TPSA) is 83.4 Å². The molecule has 6 nitrogen and oxygen atoms in total. The molecule has 1 aliphatic carbocycles. The van der Waals surface area contributed by atoms with Gasteiger partial charge in [0.1, 0.15) is 12.4 Å². The molecule has 1 amide bonds. The summed E-state index contributed by atoms with van der Waals surface area (Å²) in [6, 6.07) is 0. The fourth-order valence-corrected chi connectivity index (χ4v) is 2.13. The number of halogens is 1. The summed E-state index contributed by atoms with van der Waals surface area (Å²) in [5, 5.41) is 9.11. The Labute approximate surface area is 128 Å². The van der Waals surface area contributed by atoms with Crippen LogP contribution in [0.1, 0.15) is 48.9 Å². The van der Waals surface area contributed by atoms with Crippen LogP contribution < -0.4 is 0 Å². The number of hydrogen-bond donors (Lipinski definition) is 1. The smallest absolute Gasteiger partial charge is 0.323 e. The largest absolute Gasteiger partial charge is 0.480 e. The Morgan fingerprint density at radius 3 is 2.67 bits per heavy atom. The zero-order chi connectivity index (χ0) is 15.6. The van der Waals surface area contributed by atoms with E-state index in [-0.39, 0.29) is 23.2 Å². The summed E-state index contributed by atoms with van der Waals surface area (Å²) in [7, 11) is 0. The molecular weight excluding hydrogens is 294 g/mol. The number of carboxylic acids is 1. The summed E-state index contributed by atoms with van der Waals surface area (Å²) >= 11 is 6.01. The van der Waals surface area contributed by atoms with Crippen molar-refractivity contribution >= 4 is 23.5 Å². The van der Waals surface area contributed by atoms with Crippen LogP contribution in [0.25, 0.3) is 0 Å².